The van der Waals surface area contributed by atoms with Gasteiger partial charge in [-0.05, 0) is 47.5 Å². The lowest BCUT2D eigenvalue weighted by molar-refractivity contribution is -0.274. The summed E-state index contributed by atoms with van der Waals surface area (Å²) < 4.78 is 47.1. The number of carbonyl (C=O) groups excluding carboxylic acids is 1. The summed E-state index contributed by atoms with van der Waals surface area (Å²) in [5.41, 5.74) is 2.46. The Morgan fingerprint density at radius 3 is 2.55 bits per heavy atom. The van der Waals surface area contributed by atoms with Crippen LogP contribution in [0.5, 0.6) is 5.75 Å². The van der Waals surface area contributed by atoms with Gasteiger partial charge in [0.25, 0.3) is 5.91 Å². The number of anilines is 2. The summed E-state index contributed by atoms with van der Waals surface area (Å²) in [5.74, 6) is 0.0557. The summed E-state index contributed by atoms with van der Waals surface area (Å²) in [6.07, 6.45) is -3.07. The van der Waals surface area contributed by atoms with Crippen molar-refractivity contribution in [2.45, 2.75) is 16.2 Å². The van der Waals surface area contributed by atoms with Crippen molar-refractivity contribution in [2.75, 3.05) is 36.5 Å². The van der Waals surface area contributed by atoms with Gasteiger partial charge in [-0.3, -0.25) is 4.79 Å². The molecule has 3 heterocycles. The Kier molecular flexibility index (Phi) is 5.63. The van der Waals surface area contributed by atoms with E-state index in [9.17, 15) is 18.0 Å². The normalized spacial score (nSPS) is 15.8. The Hall–Kier alpha value is -3.24. The number of morpholine rings is 1. The average molecular weight is 473 g/mol. The summed E-state index contributed by atoms with van der Waals surface area (Å²) in [6.45, 7) is 2.83. The SMILES string of the molecule is O=C1Nc2cc(OC(F)(F)F)ccc2Sc2ccc(-c3ccnc(N4CCOCC4)c3)cc21. The van der Waals surface area contributed by atoms with E-state index in [0.717, 1.165) is 30.0 Å². The first-order chi connectivity index (χ1) is 15.9. The van der Waals surface area contributed by atoms with Gasteiger partial charge in [0.15, 0.2) is 0 Å². The van der Waals surface area contributed by atoms with E-state index >= 15 is 0 Å². The van der Waals surface area contributed by atoms with Gasteiger partial charge in [-0.25, -0.2) is 4.98 Å². The number of amides is 1. The van der Waals surface area contributed by atoms with Crippen molar-refractivity contribution in [3.63, 3.8) is 0 Å². The summed E-state index contributed by atoms with van der Waals surface area (Å²) in [4.78, 5) is 20.9. The largest absolute Gasteiger partial charge is 0.573 e. The maximum Gasteiger partial charge on any atom is 0.573 e. The summed E-state index contributed by atoms with van der Waals surface area (Å²) in [5, 5.41) is 2.70. The van der Waals surface area contributed by atoms with Gasteiger partial charge < -0.3 is 19.7 Å². The molecule has 2 aromatic carbocycles. The number of carbonyl (C=O) groups is 1. The van der Waals surface area contributed by atoms with E-state index < -0.39 is 12.3 Å². The van der Waals surface area contributed by atoms with Crippen molar-refractivity contribution < 1.29 is 27.4 Å². The molecule has 0 unspecified atom stereocenters. The third kappa shape index (κ3) is 4.76. The lowest BCUT2D eigenvalue weighted by Crippen LogP contribution is -2.36. The fourth-order valence-corrected chi connectivity index (χ4v) is 4.73. The quantitative estimate of drug-likeness (QED) is 0.564. The third-order valence-electron chi connectivity index (χ3n) is 5.29. The Balaban J connectivity index is 1.44. The molecule has 1 aromatic heterocycles. The number of alkyl halides is 3. The second kappa shape index (κ2) is 8.60. The third-order valence-corrected chi connectivity index (χ3v) is 6.44. The van der Waals surface area contributed by atoms with Crippen LogP contribution in [0.4, 0.5) is 24.7 Å². The molecular weight excluding hydrogens is 455 g/mol. The average Bonchev–Trinajstić information content (AvgIpc) is 2.94. The number of rotatable bonds is 3. The maximum absolute atomic E-state index is 12.9. The molecule has 0 radical (unpaired) electrons. The van der Waals surface area contributed by atoms with Crippen molar-refractivity contribution >= 4 is 29.2 Å². The first kappa shape index (κ1) is 21.6. The molecule has 0 aliphatic carbocycles. The highest BCUT2D eigenvalue weighted by atomic mass is 32.2. The van der Waals surface area contributed by atoms with Gasteiger partial charge in [0.1, 0.15) is 11.6 Å². The van der Waals surface area contributed by atoms with Crippen molar-refractivity contribution in [3.8, 4) is 16.9 Å². The zero-order valence-corrected chi connectivity index (χ0v) is 18.0. The molecule has 1 fully saturated rings. The Morgan fingerprint density at radius 1 is 1.00 bits per heavy atom. The first-order valence-corrected chi connectivity index (χ1v) is 11.0. The minimum atomic E-state index is -4.81. The molecule has 2 aliphatic heterocycles. The van der Waals surface area contributed by atoms with Gasteiger partial charge in [-0.1, -0.05) is 17.8 Å². The zero-order chi connectivity index (χ0) is 23.0. The fourth-order valence-electron chi connectivity index (χ4n) is 3.74. The molecule has 0 atom stereocenters. The topological polar surface area (TPSA) is 63.7 Å². The molecule has 1 saturated heterocycles. The monoisotopic (exact) mass is 473 g/mol. The van der Waals surface area contributed by atoms with Crippen LogP contribution in [0, 0.1) is 0 Å². The maximum atomic E-state index is 12.9. The van der Waals surface area contributed by atoms with Gasteiger partial charge in [0, 0.05) is 35.1 Å². The molecule has 1 N–H and O–H groups in total. The van der Waals surface area contributed by atoms with Crippen LogP contribution in [0.3, 0.4) is 0 Å². The molecular formula is C23H18F3N3O3S. The minimum Gasteiger partial charge on any atom is -0.406 e. The predicted octanol–water partition coefficient (Wildman–Crippen LogP) is 5.20. The number of pyridine rings is 1. The minimum absolute atomic E-state index is 0.267. The van der Waals surface area contributed by atoms with E-state index in [1.807, 2.05) is 24.3 Å². The number of nitrogens with one attached hydrogen (secondary N) is 1. The van der Waals surface area contributed by atoms with Crippen LogP contribution in [0.1, 0.15) is 10.4 Å². The fraction of sp³-hybridized carbons (Fsp3) is 0.217. The van der Waals surface area contributed by atoms with Crippen LogP contribution < -0.4 is 15.0 Å². The summed E-state index contributed by atoms with van der Waals surface area (Å²) >= 11 is 1.31. The molecule has 5 rings (SSSR count). The number of nitrogens with zero attached hydrogens (tertiary/aromatic N) is 2. The van der Waals surface area contributed by atoms with Gasteiger partial charge in [-0.2, -0.15) is 0 Å². The van der Waals surface area contributed by atoms with Gasteiger partial charge in [0.2, 0.25) is 0 Å². The van der Waals surface area contributed by atoms with Gasteiger partial charge in [-0.15, -0.1) is 13.2 Å². The van der Waals surface area contributed by atoms with Crippen molar-refractivity contribution in [2.24, 2.45) is 0 Å². The van der Waals surface area contributed by atoms with Crippen LogP contribution >= 0.6 is 11.8 Å². The predicted molar refractivity (Wildman–Crippen MR) is 118 cm³/mol. The summed E-state index contributed by atoms with van der Waals surface area (Å²) in [6, 6.07) is 13.3. The highest BCUT2D eigenvalue weighted by Crippen LogP contribution is 2.42. The van der Waals surface area contributed by atoms with Gasteiger partial charge >= 0.3 is 6.36 Å². The smallest absolute Gasteiger partial charge is 0.406 e. The Bertz CT molecular complexity index is 1210. The van der Waals surface area contributed by atoms with Gasteiger partial charge in [0.05, 0.1) is 24.5 Å². The molecule has 170 valence electrons. The van der Waals surface area contributed by atoms with Crippen molar-refractivity contribution in [1.82, 2.24) is 4.98 Å². The van der Waals surface area contributed by atoms with Crippen molar-refractivity contribution in [3.05, 3.63) is 60.3 Å². The van der Waals surface area contributed by atoms with Crippen LogP contribution in [0.15, 0.2) is 64.5 Å². The van der Waals surface area contributed by atoms with E-state index in [0.29, 0.717) is 28.6 Å². The Morgan fingerprint density at radius 2 is 1.76 bits per heavy atom. The standard InChI is InChI=1S/C23H18F3N3O3S/c24-23(25,26)32-16-2-4-20-18(13-16)28-22(30)17-11-14(1-3-19(17)33-20)15-5-6-27-21(12-15)29-7-9-31-10-8-29/h1-6,11-13H,7-10H2,(H,28,30). The second-order valence-corrected chi connectivity index (χ2v) is 8.56. The molecule has 1 amide bonds. The molecule has 3 aromatic rings. The highest BCUT2D eigenvalue weighted by molar-refractivity contribution is 7.99. The lowest BCUT2D eigenvalue weighted by atomic mass is 10.0. The first-order valence-electron chi connectivity index (χ1n) is 10.2. The lowest BCUT2D eigenvalue weighted by Gasteiger charge is -2.28. The molecule has 33 heavy (non-hydrogen) atoms. The highest BCUT2D eigenvalue weighted by Gasteiger charge is 2.31. The molecule has 0 bridgehead atoms. The molecule has 6 nitrogen and oxygen atoms in total. The summed E-state index contributed by atoms with van der Waals surface area (Å²) in [7, 11) is 0. The molecule has 2 aliphatic rings. The van der Waals surface area contributed by atoms with Crippen LogP contribution in [0.2, 0.25) is 0 Å². The van der Waals surface area contributed by atoms with Crippen LogP contribution in [0.25, 0.3) is 11.1 Å². The van der Waals surface area contributed by atoms with E-state index in [1.165, 1.54) is 30.0 Å². The van der Waals surface area contributed by atoms with E-state index in [-0.39, 0.29) is 11.4 Å². The van der Waals surface area contributed by atoms with Crippen LogP contribution in [-0.4, -0.2) is 43.6 Å². The van der Waals surface area contributed by atoms with E-state index in [1.54, 1.807) is 12.3 Å². The van der Waals surface area contributed by atoms with Crippen LogP contribution in [-0.2, 0) is 4.74 Å². The Labute approximate surface area is 191 Å². The molecule has 10 heteroatoms. The number of benzene rings is 2. The number of ether oxygens (including phenoxy) is 2. The number of hydrogen-bond acceptors (Lipinski definition) is 6. The van der Waals surface area contributed by atoms with E-state index in [4.69, 9.17) is 4.74 Å². The number of fused-ring (bicyclic) bond motifs is 2. The molecule has 0 spiro atoms. The molecule has 0 saturated carbocycles. The number of aromatic nitrogens is 1. The second-order valence-electron chi connectivity index (χ2n) is 7.48. The van der Waals surface area contributed by atoms with Crippen molar-refractivity contribution in [1.29, 1.82) is 0 Å². The number of halogens is 3. The van der Waals surface area contributed by atoms with E-state index in [2.05, 4.69) is 19.9 Å². The zero-order valence-electron chi connectivity index (χ0n) is 17.2. The number of hydrogen-bond donors (Lipinski definition) is 1.